The monoisotopic (exact) mass is 246 g/mol. The molecule has 0 aliphatic rings. The summed E-state index contributed by atoms with van der Waals surface area (Å²) in [5.74, 6) is -0.0741. The van der Waals surface area contributed by atoms with Gasteiger partial charge in [-0.2, -0.15) is 5.10 Å². The highest BCUT2D eigenvalue weighted by atomic mass is 32.1. The van der Waals surface area contributed by atoms with Crippen molar-refractivity contribution in [3.8, 4) is 5.75 Å². The van der Waals surface area contributed by atoms with Crippen molar-refractivity contribution in [3.05, 3.63) is 52.2 Å². The van der Waals surface area contributed by atoms with E-state index in [0.29, 0.717) is 4.88 Å². The first-order valence-corrected chi connectivity index (χ1v) is 5.79. The molecule has 0 fully saturated rings. The Morgan fingerprint density at radius 2 is 2.24 bits per heavy atom. The van der Waals surface area contributed by atoms with Gasteiger partial charge in [-0.25, -0.2) is 5.43 Å². The summed E-state index contributed by atoms with van der Waals surface area (Å²) in [6.45, 7) is 0. The van der Waals surface area contributed by atoms with Crippen molar-refractivity contribution in [1.29, 1.82) is 0 Å². The Kier molecular flexibility index (Phi) is 3.52. The lowest BCUT2D eigenvalue weighted by Crippen LogP contribution is -2.16. The van der Waals surface area contributed by atoms with E-state index in [-0.39, 0.29) is 11.7 Å². The maximum Gasteiger partial charge on any atom is 0.281 e. The van der Waals surface area contributed by atoms with Crippen molar-refractivity contribution in [2.45, 2.75) is 0 Å². The van der Waals surface area contributed by atoms with Crippen LogP contribution in [-0.2, 0) is 0 Å². The molecule has 1 amide bonds. The molecule has 0 spiro atoms. The van der Waals surface area contributed by atoms with Crippen molar-refractivity contribution in [1.82, 2.24) is 5.43 Å². The molecule has 17 heavy (non-hydrogen) atoms. The summed E-state index contributed by atoms with van der Waals surface area (Å²) in [6, 6.07) is 10.1. The normalized spacial score (nSPS) is 10.6. The van der Waals surface area contributed by atoms with Gasteiger partial charge in [0.25, 0.3) is 5.91 Å². The number of benzene rings is 1. The molecule has 0 radical (unpaired) electrons. The zero-order valence-corrected chi connectivity index (χ0v) is 9.65. The SMILES string of the molecule is O=C(NN=Cc1cccc(O)c1)c1cccs1. The Morgan fingerprint density at radius 3 is 2.94 bits per heavy atom. The van der Waals surface area contributed by atoms with E-state index in [1.54, 1.807) is 36.4 Å². The summed E-state index contributed by atoms with van der Waals surface area (Å²) < 4.78 is 0. The average molecular weight is 246 g/mol. The van der Waals surface area contributed by atoms with Crippen LogP contribution >= 0.6 is 11.3 Å². The van der Waals surface area contributed by atoms with Gasteiger partial charge in [0.1, 0.15) is 5.75 Å². The van der Waals surface area contributed by atoms with Crippen LogP contribution in [0.5, 0.6) is 5.75 Å². The molecule has 1 heterocycles. The topological polar surface area (TPSA) is 61.7 Å². The van der Waals surface area contributed by atoms with Gasteiger partial charge in [0.15, 0.2) is 0 Å². The summed E-state index contributed by atoms with van der Waals surface area (Å²) >= 11 is 1.35. The molecule has 4 nitrogen and oxygen atoms in total. The van der Waals surface area contributed by atoms with Gasteiger partial charge in [-0.05, 0) is 29.1 Å². The van der Waals surface area contributed by atoms with E-state index in [1.165, 1.54) is 17.6 Å². The van der Waals surface area contributed by atoms with E-state index >= 15 is 0 Å². The van der Waals surface area contributed by atoms with Crippen LogP contribution in [0.15, 0.2) is 46.9 Å². The van der Waals surface area contributed by atoms with Crippen molar-refractivity contribution in [3.63, 3.8) is 0 Å². The summed E-state index contributed by atoms with van der Waals surface area (Å²) in [6.07, 6.45) is 1.48. The predicted molar refractivity (Wildman–Crippen MR) is 67.5 cm³/mol. The second-order valence-electron chi connectivity index (χ2n) is 3.27. The molecule has 86 valence electrons. The number of carbonyl (C=O) groups is 1. The third kappa shape index (κ3) is 3.15. The number of hydrogen-bond donors (Lipinski definition) is 2. The highest BCUT2D eigenvalue weighted by Gasteiger charge is 2.03. The van der Waals surface area contributed by atoms with Gasteiger partial charge in [0, 0.05) is 0 Å². The third-order valence-corrected chi connectivity index (χ3v) is 2.86. The summed E-state index contributed by atoms with van der Waals surface area (Å²) in [7, 11) is 0. The Labute approximate surface area is 102 Å². The van der Waals surface area contributed by atoms with Crippen molar-refractivity contribution < 1.29 is 9.90 Å². The van der Waals surface area contributed by atoms with Crippen LogP contribution in [0.25, 0.3) is 0 Å². The third-order valence-electron chi connectivity index (χ3n) is 1.99. The predicted octanol–water partition coefficient (Wildman–Crippen LogP) is 2.22. The molecule has 2 N–H and O–H groups in total. The number of hydrogen-bond acceptors (Lipinski definition) is 4. The number of carbonyl (C=O) groups excluding carboxylic acids is 1. The maximum atomic E-state index is 11.5. The molecule has 5 heteroatoms. The second kappa shape index (κ2) is 5.27. The van der Waals surface area contributed by atoms with E-state index in [9.17, 15) is 9.90 Å². The molecule has 0 aliphatic heterocycles. The molecule has 0 saturated carbocycles. The molecular weight excluding hydrogens is 236 g/mol. The van der Waals surface area contributed by atoms with E-state index in [2.05, 4.69) is 10.5 Å². The lowest BCUT2D eigenvalue weighted by atomic mass is 10.2. The Hall–Kier alpha value is -2.14. The first-order valence-electron chi connectivity index (χ1n) is 4.91. The number of rotatable bonds is 3. The van der Waals surface area contributed by atoms with Gasteiger partial charge in [0.05, 0.1) is 11.1 Å². The number of amides is 1. The number of phenols is 1. The summed E-state index contributed by atoms with van der Waals surface area (Å²) in [5, 5.41) is 14.9. The molecule has 2 aromatic rings. The molecule has 0 bridgehead atoms. The van der Waals surface area contributed by atoms with Crippen LogP contribution in [-0.4, -0.2) is 17.2 Å². The number of phenolic OH excluding ortho intramolecular Hbond substituents is 1. The van der Waals surface area contributed by atoms with Crippen molar-refractivity contribution in [2.75, 3.05) is 0 Å². The van der Waals surface area contributed by atoms with Gasteiger partial charge in [-0.3, -0.25) is 4.79 Å². The van der Waals surface area contributed by atoms with Crippen LogP contribution in [0, 0.1) is 0 Å². The minimum Gasteiger partial charge on any atom is -0.508 e. The van der Waals surface area contributed by atoms with Crippen LogP contribution in [0.1, 0.15) is 15.2 Å². The average Bonchev–Trinajstić information content (AvgIpc) is 2.82. The number of nitrogens with zero attached hydrogens (tertiary/aromatic N) is 1. The zero-order chi connectivity index (χ0) is 12.1. The minimum absolute atomic E-state index is 0.165. The number of nitrogens with one attached hydrogen (secondary N) is 1. The highest BCUT2D eigenvalue weighted by molar-refractivity contribution is 7.12. The summed E-state index contributed by atoms with van der Waals surface area (Å²) in [5.41, 5.74) is 3.13. The standard InChI is InChI=1S/C12H10N2O2S/c15-10-4-1-3-9(7-10)8-13-14-12(16)11-5-2-6-17-11/h1-8,15H,(H,14,16). The maximum absolute atomic E-state index is 11.5. The van der Waals surface area contributed by atoms with Crippen LogP contribution < -0.4 is 5.43 Å². The van der Waals surface area contributed by atoms with Gasteiger partial charge in [0.2, 0.25) is 0 Å². The smallest absolute Gasteiger partial charge is 0.281 e. The largest absolute Gasteiger partial charge is 0.508 e. The van der Waals surface area contributed by atoms with Gasteiger partial charge in [-0.15, -0.1) is 11.3 Å². The first-order chi connectivity index (χ1) is 8.25. The zero-order valence-electron chi connectivity index (χ0n) is 8.83. The number of aromatic hydroxyl groups is 1. The molecule has 0 aliphatic carbocycles. The first kappa shape index (κ1) is 11.3. The van der Waals surface area contributed by atoms with E-state index < -0.39 is 0 Å². The van der Waals surface area contributed by atoms with Gasteiger partial charge < -0.3 is 5.11 Å². The number of thiophene rings is 1. The van der Waals surface area contributed by atoms with Gasteiger partial charge in [-0.1, -0.05) is 18.2 Å². The molecule has 0 atom stereocenters. The fourth-order valence-corrected chi connectivity index (χ4v) is 1.85. The van der Waals surface area contributed by atoms with Crippen molar-refractivity contribution >= 4 is 23.5 Å². The Bertz CT molecular complexity index is 535. The van der Waals surface area contributed by atoms with Crippen LogP contribution in [0.4, 0.5) is 0 Å². The van der Waals surface area contributed by atoms with Crippen LogP contribution in [0.2, 0.25) is 0 Å². The fraction of sp³-hybridized carbons (Fsp3) is 0. The minimum atomic E-state index is -0.239. The fourth-order valence-electron chi connectivity index (χ4n) is 1.23. The van der Waals surface area contributed by atoms with Crippen molar-refractivity contribution in [2.24, 2.45) is 5.10 Å². The van der Waals surface area contributed by atoms with Crippen LogP contribution in [0.3, 0.4) is 0 Å². The molecular formula is C12H10N2O2S. The molecule has 2 rings (SSSR count). The Balaban J connectivity index is 1.96. The molecule has 0 unspecified atom stereocenters. The number of hydrazone groups is 1. The molecule has 1 aromatic heterocycles. The highest BCUT2D eigenvalue weighted by Crippen LogP contribution is 2.09. The lowest BCUT2D eigenvalue weighted by Gasteiger charge is -1.96. The van der Waals surface area contributed by atoms with E-state index in [4.69, 9.17) is 0 Å². The quantitative estimate of drug-likeness (QED) is 0.644. The second-order valence-corrected chi connectivity index (χ2v) is 4.22. The van der Waals surface area contributed by atoms with Gasteiger partial charge >= 0.3 is 0 Å². The summed E-state index contributed by atoms with van der Waals surface area (Å²) in [4.78, 5) is 12.1. The van der Waals surface area contributed by atoms with E-state index in [0.717, 1.165) is 5.56 Å². The van der Waals surface area contributed by atoms with E-state index in [1.807, 2.05) is 5.38 Å². The molecule has 0 saturated heterocycles. The molecule has 1 aromatic carbocycles. The Morgan fingerprint density at radius 1 is 1.35 bits per heavy atom. The lowest BCUT2D eigenvalue weighted by molar-refractivity contribution is 0.0959.